The van der Waals surface area contributed by atoms with Gasteiger partial charge in [0.25, 0.3) is 0 Å². The molecule has 3 heteroatoms. The molecule has 1 saturated heterocycles. The van der Waals surface area contributed by atoms with Crippen LogP contribution < -0.4 is 5.32 Å². The molecule has 0 aromatic carbocycles. The van der Waals surface area contributed by atoms with Crippen molar-refractivity contribution in [3.63, 3.8) is 0 Å². The van der Waals surface area contributed by atoms with Crippen molar-refractivity contribution < 1.29 is 4.74 Å². The smallest absolute Gasteiger partial charge is 0.0547 e. The van der Waals surface area contributed by atoms with E-state index in [-0.39, 0.29) is 0 Å². The third-order valence-corrected chi connectivity index (χ3v) is 3.87. The molecule has 2 fully saturated rings. The Morgan fingerprint density at radius 3 is 2.81 bits per heavy atom. The molecule has 3 nitrogen and oxygen atoms in total. The van der Waals surface area contributed by atoms with E-state index in [1.165, 1.54) is 32.2 Å². The van der Waals surface area contributed by atoms with Crippen molar-refractivity contribution in [3.05, 3.63) is 0 Å². The lowest BCUT2D eigenvalue weighted by Crippen LogP contribution is -2.44. The maximum absolute atomic E-state index is 5.63. The summed E-state index contributed by atoms with van der Waals surface area (Å²) < 4.78 is 5.63. The van der Waals surface area contributed by atoms with Crippen molar-refractivity contribution in [2.75, 3.05) is 39.9 Å². The zero-order chi connectivity index (χ0) is 11.4. The van der Waals surface area contributed by atoms with Crippen LogP contribution in [0.2, 0.25) is 0 Å². The molecule has 0 spiro atoms. The molecular weight excluding hydrogens is 200 g/mol. The SMILES string of the molecule is CCCNCC1(CN(C)C2CC2)CCOC1. The normalized spacial score (nSPS) is 30.2. The van der Waals surface area contributed by atoms with Crippen molar-refractivity contribution in [1.82, 2.24) is 10.2 Å². The van der Waals surface area contributed by atoms with Gasteiger partial charge >= 0.3 is 0 Å². The number of ether oxygens (including phenoxy) is 1. The Bertz CT molecular complexity index is 210. The molecule has 16 heavy (non-hydrogen) atoms. The van der Waals surface area contributed by atoms with Crippen molar-refractivity contribution in [3.8, 4) is 0 Å². The lowest BCUT2D eigenvalue weighted by molar-refractivity contribution is 0.116. The fourth-order valence-electron chi connectivity index (χ4n) is 2.67. The van der Waals surface area contributed by atoms with Crippen molar-refractivity contribution in [1.29, 1.82) is 0 Å². The van der Waals surface area contributed by atoms with Gasteiger partial charge in [-0.1, -0.05) is 6.92 Å². The first-order chi connectivity index (χ1) is 7.76. The van der Waals surface area contributed by atoms with Gasteiger partial charge in [0.05, 0.1) is 6.61 Å². The molecule has 0 bridgehead atoms. The second-order valence-corrected chi connectivity index (χ2v) is 5.63. The van der Waals surface area contributed by atoms with Gasteiger partial charge in [0.1, 0.15) is 0 Å². The first-order valence-corrected chi connectivity index (χ1v) is 6.74. The molecule has 2 rings (SSSR count). The summed E-state index contributed by atoms with van der Waals surface area (Å²) in [6.45, 7) is 7.58. The summed E-state index contributed by atoms with van der Waals surface area (Å²) in [4.78, 5) is 2.54. The third kappa shape index (κ3) is 3.19. The Kier molecular flexibility index (Phi) is 4.22. The molecule has 0 radical (unpaired) electrons. The minimum absolute atomic E-state index is 0.381. The molecule has 1 saturated carbocycles. The first kappa shape index (κ1) is 12.3. The average Bonchev–Trinajstić information content (AvgIpc) is 3.02. The van der Waals surface area contributed by atoms with Crippen LogP contribution in [-0.4, -0.2) is 50.8 Å². The van der Waals surface area contributed by atoms with Crippen LogP contribution in [0.25, 0.3) is 0 Å². The van der Waals surface area contributed by atoms with E-state index < -0.39 is 0 Å². The maximum atomic E-state index is 5.63. The summed E-state index contributed by atoms with van der Waals surface area (Å²) >= 11 is 0. The molecule has 1 heterocycles. The molecule has 2 aliphatic rings. The van der Waals surface area contributed by atoms with Gasteiger partial charge in [0, 0.05) is 31.2 Å². The van der Waals surface area contributed by atoms with Crippen molar-refractivity contribution >= 4 is 0 Å². The van der Waals surface area contributed by atoms with E-state index >= 15 is 0 Å². The van der Waals surface area contributed by atoms with Crippen LogP contribution in [0.3, 0.4) is 0 Å². The van der Waals surface area contributed by atoms with Crippen molar-refractivity contribution in [2.24, 2.45) is 5.41 Å². The molecule has 0 amide bonds. The zero-order valence-corrected chi connectivity index (χ0v) is 10.8. The van der Waals surface area contributed by atoms with Gasteiger partial charge in [-0.25, -0.2) is 0 Å². The number of nitrogens with zero attached hydrogens (tertiary/aromatic N) is 1. The molecule has 0 aromatic rings. The van der Waals surface area contributed by atoms with E-state index in [1.807, 2.05) is 0 Å². The Morgan fingerprint density at radius 2 is 2.25 bits per heavy atom. The fourth-order valence-corrected chi connectivity index (χ4v) is 2.67. The third-order valence-electron chi connectivity index (χ3n) is 3.87. The highest BCUT2D eigenvalue weighted by atomic mass is 16.5. The lowest BCUT2D eigenvalue weighted by Gasteiger charge is -2.32. The fraction of sp³-hybridized carbons (Fsp3) is 1.00. The lowest BCUT2D eigenvalue weighted by atomic mass is 9.86. The summed E-state index contributed by atoms with van der Waals surface area (Å²) in [7, 11) is 2.28. The van der Waals surface area contributed by atoms with Gasteiger partial charge in [-0.05, 0) is 39.3 Å². The Morgan fingerprint density at radius 1 is 1.44 bits per heavy atom. The highest BCUT2D eigenvalue weighted by molar-refractivity contribution is 4.92. The molecule has 1 aliphatic carbocycles. The highest BCUT2D eigenvalue weighted by Crippen LogP contribution is 2.33. The van der Waals surface area contributed by atoms with Crippen LogP contribution in [0.4, 0.5) is 0 Å². The quantitative estimate of drug-likeness (QED) is 0.666. The number of rotatable bonds is 7. The van der Waals surface area contributed by atoms with Gasteiger partial charge in [0.2, 0.25) is 0 Å². The van der Waals surface area contributed by atoms with E-state index in [2.05, 4.69) is 24.2 Å². The summed E-state index contributed by atoms with van der Waals surface area (Å²) in [5, 5.41) is 3.58. The molecule has 0 aromatic heterocycles. The van der Waals surface area contributed by atoms with Crippen molar-refractivity contribution in [2.45, 2.75) is 38.6 Å². The van der Waals surface area contributed by atoms with Gasteiger partial charge in [0.15, 0.2) is 0 Å². The van der Waals surface area contributed by atoms with E-state index in [0.29, 0.717) is 5.41 Å². The predicted octanol–water partition coefficient (Wildman–Crippen LogP) is 1.49. The van der Waals surface area contributed by atoms with Crippen LogP contribution >= 0.6 is 0 Å². The second kappa shape index (κ2) is 5.48. The molecule has 1 atom stereocenters. The van der Waals surface area contributed by atoms with E-state index in [1.54, 1.807) is 0 Å². The van der Waals surface area contributed by atoms with Gasteiger partial charge < -0.3 is 15.0 Å². The van der Waals surface area contributed by atoms with Gasteiger partial charge in [-0.2, -0.15) is 0 Å². The Hall–Kier alpha value is -0.120. The van der Waals surface area contributed by atoms with E-state index in [4.69, 9.17) is 4.74 Å². The van der Waals surface area contributed by atoms with Crippen LogP contribution in [-0.2, 0) is 4.74 Å². The molecule has 1 aliphatic heterocycles. The maximum Gasteiger partial charge on any atom is 0.0547 e. The summed E-state index contributed by atoms with van der Waals surface area (Å²) in [6, 6.07) is 0.864. The second-order valence-electron chi connectivity index (χ2n) is 5.63. The number of hydrogen-bond donors (Lipinski definition) is 1. The molecular formula is C13H26N2O. The zero-order valence-electron chi connectivity index (χ0n) is 10.8. The van der Waals surface area contributed by atoms with E-state index in [9.17, 15) is 0 Å². The minimum atomic E-state index is 0.381. The monoisotopic (exact) mass is 226 g/mol. The number of nitrogens with one attached hydrogen (secondary N) is 1. The number of hydrogen-bond acceptors (Lipinski definition) is 3. The highest BCUT2D eigenvalue weighted by Gasteiger charge is 2.38. The summed E-state index contributed by atoms with van der Waals surface area (Å²) in [6.07, 6.45) is 5.24. The Balaban J connectivity index is 1.81. The molecule has 1 N–H and O–H groups in total. The first-order valence-electron chi connectivity index (χ1n) is 6.74. The van der Waals surface area contributed by atoms with Crippen LogP contribution in [0.1, 0.15) is 32.6 Å². The summed E-state index contributed by atoms with van der Waals surface area (Å²) in [5.74, 6) is 0. The predicted molar refractivity (Wildman–Crippen MR) is 66.7 cm³/mol. The molecule has 1 unspecified atom stereocenters. The molecule has 94 valence electrons. The van der Waals surface area contributed by atoms with Gasteiger partial charge in [-0.15, -0.1) is 0 Å². The van der Waals surface area contributed by atoms with E-state index in [0.717, 1.165) is 32.3 Å². The Labute approximate surface area is 99.5 Å². The van der Waals surface area contributed by atoms with Crippen LogP contribution in [0.5, 0.6) is 0 Å². The topological polar surface area (TPSA) is 24.5 Å². The summed E-state index contributed by atoms with van der Waals surface area (Å²) in [5.41, 5.74) is 0.381. The van der Waals surface area contributed by atoms with Gasteiger partial charge in [-0.3, -0.25) is 0 Å². The standard InChI is InChI=1S/C13H26N2O/c1-3-7-14-9-13(6-8-16-11-13)10-15(2)12-4-5-12/h12,14H,3-11H2,1-2H3. The average molecular weight is 226 g/mol. The van der Waals surface area contributed by atoms with Crippen LogP contribution in [0.15, 0.2) is 0 Å². The van der Waals surface area contributed by atoms with Crippen LogP contribution in [0, 0.1) is 5.41 Å². The minimum Gasteiger partial charge on any atom is -0.381 e. The largest absolute Gasteiger partial charge is 0.381 e.